The van der Waals surface area contributed by atoms with Crippen LogP contribution in [0.4, 0.5) is 8.78 Å². The molecule has 0 spiro atoms. The Morgan fingerprint density at radius 3 is 2.31 bits per heavy atom. The number of amides is 1. The van der Waals surface area contributed by atoms with Gasteiger partial charge in [0.25, 0.3) is 0 Å². The molecule has 1 unspecified atom stereocenters. The van der Waals surface area contributed by atoms with Crippen LogP contribution in [0.5, 0.6) is 0 Å². The number of nitrogens with one attached hydrogen (secondary N) is 1. The molecule has 0 radical (unpaired) electrons. The van der Waals surface area contributed by atoms with Crippen LogP contribution in [0.1, 0.15) is 12.5 Å². The standard InChI is InChI=1S/C20H23F2N3O3S/c1-15(20(26)23-14-16-5-7-17(21)8-6-16)24-9-11-25(12-10-24)29(27,28)19-4-2-3-18(22)13-19/h2-8,13,15H,9-12,14H2,1H3,(H,23,26). The first-order valence-electron chi connectivity index (χ1n) is 9.29. The molecule has 1 fully saturated rings. The third-order valence-electron chi connectivity index (χ3n) is 5.01. The molecular formula is C20H23F2N3O3S. The second kappa shape index (κ2) is 8.98. The summed E-state index contributed by atoms with van der Waals surface area (Å²) in [5, 5.41) is 2.81. The number of benzene rings is 2. The van der Waals surface area contributed by atoms with Gasteiger partial charge in [-0.15, -0.1) is 0 Å². The molecule has 29 heavy (non-hydrogen) atoms. The van der Waals surface area contributed by atoms with Crippen LogP contribution in [-0.4, -0.2) is 55.8 Å². The maximum Gasteiger partial charge on any atom is 0.243 e. The molecular weight excluding hydrogens is 400 g/mol. The van der Waals surface area contributed by atoms with Crippen molar-refractivity contribution in [1.82, 2.24) is 14.5 Å². The lowest BCUT2D eigenvalue weighted by Gasteiger charge is -2.36. The summed E-state index contributed by atoms with van der Waals surface area (Å²) in [7, 11) is -3.77. The van der Waals surface area contributed by atoms with E-state index in [1.54, 1.807) is 19.1 Å². The van der Waals surface area contributed by atoms with Crippen molar-refractivity contribution in [2.45, 2.75) is 24.4 Å². The summed E-state index contributed by atoms with van der Waals surface area (Å²) in [6.45, 7) is 3.26. The molecule has 0 saturated carbocycles. The smallest absolute Gasteiger partial charge is 0.243 e. The number of hydrogen-bond acceptors (Lipinski definition) is 4. The van der Waals surface area contributed by atoms with E-state index in [9.17, 15) is 22.0 Å². The minimum atomic E-state index is -3.77. The predicted octanol–water partition coefficient (Wildman–Crippen LogP) is 1.98. The largest absolute Gasteiger partial charge is 0.351 e. The molecule has 0 aliphatic carbocycles. The van der Waals surface area contributed by atoms with Gasteiger partial charge in [0.05, 0.1) is 10.9 Å². The summed E-state index contributed by atoms with van der Waals surface area (Å²) in [5.41, 5.74) is 0.790. The van der Waals surface area contributed by atoms with Crippen molar-refractivity contribution in [2.75, 3.05) is 26.2 Å². The first kappa shape index (κ1) is 21.4. The van der Waals surface area contributed by atoms with Gasteiger partial charge in [-0.25, -0.2) is 17.2 Å². The Balaban J connectivity index is 1.54. The van der Waals surface area contributed by atoms with Gasteiger partial charge in [0.15, 0.2) is 0 Å². The Morgan fingerprint density at radius 2 is 1.69 bits per heavy atom. The molecule has 156 valence electrons. The highest BCUT2D eigenvalue weighted by Gasteiger charge is 2.31. The van der Waals surface area contributed by atoms with Crippen molar-refractivity contribution < 1.29 is 22.0 Å². The fourth-order valence-electron chi connectivity index (χ4n) is 3.21. The van der Waals surface area contributed by atoms with Crippen molar-refractivity contribution >= 4 is 15.9 Å². The molecule has 2 aromatic carbocycles. The van der Waals surface area contributed by atoms with Crippen molar-refractivity contribution in [2.24, 2.45) is 0 Å². The van der Waals surface area contributed by atoms with E-state index in [0.29, 0.717) is 13.1 Å². The number of halogens is 2. The van der Waals surface area contributed by atoms with Gasteiger partial charge < -0.3 is 5.32 Å². The fraction of sp³-hybridized carbons (Fsp3) is 0.350. The van der Waals surface area contributed by atoms with Crippen molar-refractivity contribution in [3.63, 3.8) is 0 Å². The van der Waals surface area contributed by atoms with E-state index in [1.807, 2.05) is 4.90 Å². The lowest BCUT2D eigenvalue weighted by Crippen LogP contribution is -2.54. The van der Waals surface area contributed by atoms with Gasteiger partial charge in [-0.2, -0.15) is 4.31 Å². The van der Waals surface area contributed by atoms with Crippen LogP contribution in [-0.2, 0) is 21.4 Å². The van der Waals surface area contributed by atoms with E-state index in [4.69, 9.17) is 0 Å². The molecule has 1 saturated heterocycles. The lowest BCUT2D eigenvalue weighted by molar-refractivity contribution is -0.126. The molecule has 9 heteroatoms. The quantitative estimate of drug-likeness (QED) is 0.772. The van der Waals surface area contributed by atoms with Crippen LogP contribution in [0.25, 0.3) is 0 Å². The molecule has 2 aromatic rings. The van der Waals surface area contributed by atoms with Crippen molar-refractivity contribution in [1.29, 1.82) is 0 Å². The van der Waals surface area contributed by atoms with E-state index in [0.717, 1.165) is 11.6 Å². The average Bonchev–Trinajstić information content (AvgIpc) is 2.72. The maximum atomic E-state index is 13.4. The fourth-order valence-corrected chi connectivity index (χ4v) is 4.67. The molecule has 0 bridgehead atoms. The van der Waals surface area contributed by atoms with Gasteiger partial charge in [-0.05, 0) is 42.8 Å². The Bertz CT molecular complexity index is 959. The summed E-state index contributed by atoms with van der Waals surface area (Å²) >= 11 is 0. The van der Waals surface area contributed by atoms with Gasteiger partial charge >= 0.3 is 0 Å². The molecule has 1 heterocycles. The van der Waals surface area contributed by atoms with E-state index in [-0.39, 0.29) is 36.3 Å². The number of nitrogens with zero attached hydrogens (tertiary/aromatic N) is 2. The molecule has 0 aromatic heterocycles. The van der Waals surface area contributed by atoms with Gasteiger partial charge in [0.1, 0.15) is 11.6 Å². The second-order valence-corrected chi connectivity index (χ2v) is 8.86. The monoisotopic (exact) mass is 423 g/mol. The Morgan fingerprint density at radius 1 is 1.03 bits per heavy atom. The van der Waals surface area contributed by atoms with Crippen molar-refractivity contribution in [3.05, 3.63) is 65.7 Å². The first-order valence-corrected chi connectivity index (χ1v) is 10.7. The minimum Gasteiger partial charge on any atom is -0.351 e. The third-order valence-corrected chi connectivity index (χ3v) is 6.91. The number of sulfonamides is 1. The zero-order chi connectivity index (χ0) is 21.0. The molecule has 1 atom stereocenters. The van der Waals surface area contributed by atoms with Crippen LogP contribution >= 0.6 is 0 Å². The van der Waals surface area contributed by atoms with E-state index in [1.165, 1.54) is 34.6 Å². The normalized spacial score (nSPS) is 17.1. The van der Waals surface area contributed by atoms with E-state index in [2.05, 4.69) is 5.32 Å². The summed E-state index contributed by atoms with van der Waals surface area (Å²) in [4.78, 5) is 14.2. The van der Waals surface area contributed by atoms with E-state index < -0.39 is 21.9 Å². The molecule has 1 aliphatic rings. The Labute approximate surface area is 169 Å². The number of hydrogen-bond donors (Lipinski definition) is 1. The van der Waals surface area contributed by atoms with Crippen LogP contribution in [0.2, 0.25) is 0 Å². The summed E-state index contributed by atoms with van der Waals surface area (Å²) in [5.74, 6) is -1.12. The highest BCUT2D eigenvalue weighted by molar-refractivity contribution is 7.89. The van der Waals surface area contributed by atoms with Gasteiger partial charge in [0.2, 0.25) is 15.9 Å². The predicted molar refractivity (Wildman–Crippen MR) is 104 cm³/mol. The number of carbonyl (C=O) groups is 1. The summed E-state index contributed by atoms with van der Waals surface area (Å²) < 4.78 is 53.0. The van der Waals surface area contributed by atoms with Gasteiger partial charge in [-0.3, -0.25) is 9.69 Å². The summed E-state index contributed by atoms with van der Waals surface area (Å²) in [6, 6.07) is 10.4. The molecule has 1 N–H and O–H groups in total. The first-order chi connectivity index (χ1) is 13.8. The Hall–Kier alpha value is -2.36. The number of rotatable bonds is 6. The van der Waals surface area contributed by atoms with Crippen LogP contribution in [0.3, 0.4) is 0 Å². The third kappa shape index (κ3) is 5.17. The maximum absolute atomic E-state index is 13.4. The van der Waals surface area contributed by atoms with Crippen LogP contribution in [0, 0.1) is 11.6 Å². The molecule has 6 nitrogen and oxygen atoms in total. The SMILES string of the molecule is CC(C(=O)NCc1ccc(F)cc1)N1CCN(S(=O)(=O)c2cccc(F)c2)CC1. The lowest BCUT2D eigenvalue weighted by atomic mass is 10.2. The molecule has 1 aliphatic heterocycles. The van der Waals surface area contributed by atoms with Gasteiger partial charge in [-0.1, -0.05) is 18.2 Å². The van der Waals surface area contributed by atoms with E-state index >= 15 is 0 Å². The summed E-state index contributed by atoms with van der Waals surface area (Å²) in [6.07, 6.45) is 0. The number of carbonyl (C=O) groups excluding carboxylic acids is 1. The minimum absolute atomic E-state index is 0.0731. The van der Waals surface area contributed by atoms with Crippen LogP contribution in [0.15, 0.2) is 53.4 Å². The zero-order valence-corrected chi connectivity index (χ0v) is 16.8. The zero-order valence-electron chi connectivity index (χ0n) is 16.0. The van der Waals surface area contributed by atoms with Gasteiger partial charge in [0, 0.05) is 32.7 Å². The van der Waals surface area contributed by atoms with Crippen LogP contribution < -0.4 is 5.32 Å². The molecule has 1 amide bonds. The highest BCUT2D eigenvalue weighted by atomic mass is 32.2. The second-order valence-electron chi connectivity index (χ2n) is 6.92. The van der Waals surface area contributed by atoms with Crippen molar-refractivity contribution in [3.8, 4) is 0 Å². The topological polar surface area (TPSA) is 69.7 Å². The number of piperazine rings is 1. The molecule has 3 rings (SSSR count). The highest BCUT2D eigenvalue weighted by Crippen LogP contribution is 2.19. The average molecular weight is 423 g/mol. The Kier molecular flexibility index (Phi) is 6.61.